The topological polar surface area (TPSA) is 72.4 Å². The van der Waals surface area contributed by atoms with E-state index in [-0.39, 0.29) is 18.0 Å². The number of aromatic nitrogens is 1. The first kappa shape index (κ1) is 17.9. The van der Waals surface area contributed by atoms with Crippen molar-refractivity contribution in [3.8, 4) is 11.3 Å². The van der Waals surface area contributed by atoms with E-state index >= 15 is 0 Å². The van der Waals surface area contributed by atoms with E-state index in [4.69, 9.17) is 21.8 Å². The number of nitrogens with two attached hydrogens (primary N) is 1. The maximum Gasteiger partial charge on any atom is 0.256 e. The van der Waals surface area contributed by atoms with Crippen LogP contribution in [-0.2, 0) is 6.54 Å². The molecule has 0 aliphatic carbocycles. The van der Waals surface area contributed by atoms with Gasteiger partial charge in [0.2, 0.25) is 0 Å². The van der Waals surface area contributed by atoms with Crippen LogP contribution in [0.15, 0.2) is 34.9 Å². The van der Waals surface area contributed by atoms with Gasteiger partial charge in [0.25, 0.3) is 5.91 Å². The second-order valence-electron chi connectivity index (χ2n) is 6.70. The summed E-state index contributed by atoms with van der Waals surface area (Å²) < 4.78 is 19.9. The number of fused-ring (bicyclic) bond motifs is 1. The molecule has 7 heteroatoms. The van der Waals surface area contributed by atoms with Crippen molar-refractivity contribution < 1.29 is 13.6 Å². The average Bonchev–Trinajstić information content (AvgIpc) is 3.12. The number of piperidine rings is 1. The minimum absolute atomic E-state index is 0.0351. The number of hydrogen-bond donors (Lipinski definition) is 1. The Morgan fingerprint density at radius 3 is 2.74 bits per heavy atom. The number of pyridine rings is 1. The van der Waals surface area contributed by atoms with Gasteiger partial charge in [0.05, 0.1) is 29.0 Å². The zero-order valence-electron chi connectivity index (χ0n) is 14.7. The number of carbonyl (C=O) groups excluding carboxylic acids is 1. The van der Waals surface area contributed by atoms with E-state index in [0.717, 1.165) is 30.8 Å². The van der Waals surface area contributed by atoms with Crippen LogP contribution in [0.4, 0.5) is 4.39 Å². The van der Waals surface area contributed by atoms with Crippen molar-refractivity contribution in [1.82, 2.24) is 9.88 Å². The molecule has 0 unspecified atom stereocenters. The van der Waals surface area contributed by atoms with Crippen LogP contribution in [-0.4, -0.2) is 28.9 Å². The Kier molecular flexibility index (Phi) is 4.85. The summed E-state index contributed by atoms with van der Waals surface area (Å²) in [5.74, 6) is -0.288. The zero-order valence-corrected chi connectivity index (χ0v) is 15.4. The fourth-order valence-corrected chi connectivity index (χ4v) is 3.71. The summed E-state index contributed by atoms with van der Waals surface area (Å²) in [6.45, 7) is 1.58. The lowest BCUT2D eigenvalue weighted by molar-refractivity contribution is 0.0719. The largest absolute Gasteiger partial charge is 0.458 e. The summed E-state index contributed by atoms with van der Waals surface area (Å²) in [6.07, 6.45) is 4.08. The first-order chi connectivity index (χ1) is 13.1. The molecule has 1 saturated heterocycles. The van der Waals surface area contributed by atoms with E-state index in [2.05, 4.69) is 4.98 Å². The molecular formula is C20H19ClFN3O2. The lowest BCUT2D eigenvalue weighted by Gasteiger charge is -2.26. The predicted molar refractivity (Wildman–Crippen MR) is 102 cm³/mol. The summed E-state index contributed by atoms with van der Waals surface area (Å²) in [5, 5.41) is 1.20. The fraction of sp³-hybridized carbons (Fsp3) is 0.300. The van der Waals surface area contributed by atoms with Gasteiger partial charge in [-0.15, -0.1) is 0 Å². The van der Waals surface area contributed by atoms with Crippen molar-refractivity contribution in [2.45, 2.75) is 25.8 Å². The van der Waals surface area contributed by atoms with E-state index < -0.39 is 5.82 Å². The Morgan fingerprint density at radius 2 is 2.00 bits per heavy atom. The van der Waals surface area contributed by atoms with Crippen LogP contribution in [0.3, 0.4) is 0 Å². The summed E-state index contributed by atoms with van der Waals surface area (Å²) >= 11 is 6.33. The Labute approximate surface area is 160 Å². The fourth-order valence-electron chi connectivity index (χ4n) is 3.44. The summed E-state index contributed by atoms with van der Waals surface area (Å²) in [4.78, 5) is 18.6. The van der Waals surface area contributed by atoms with Crippen LogP contribution >= 0.6 is 11.6 Å². The second kappa shape index (κ2) is 7.29. The highest BCUT2D eigenvalue weighted by molar-refractivity contribution is 6.35. The van der Waals surface area contributed by atoms with Crippen LogP contribution in [0, 0.1) is 5.82 Å². The normalized spacial score (nSPS) is 14.7. The van der Waals surface area contributed by atoms with Crippen molar-refractivity contribution in [3.63, 3.8) is 0 Å². The lowest BCUT2D eigenvalue weighted by Crippen LogP contribution is -2.36. The van der Waals surface area contributed by atoms with E-state index in [0.29, 0.717) is 40.7 Å². The Morgan fingerprint density at radius 1 is 1.22 bits per heavy atom. The molecule has 0 bridgehead atoms. The molecule has 3 aromatic rings. The number of rotatable bonds is 3. The molecule has 140 valence electrons. The highest BCUT2D eigenvalue weighted by Crippen LogP contribution is 2.33. The number of carbonyl (C=O) groups is 1. The van der Waals surface area contributed by atoms with Gasteiger partial charge in [0.1, 0.15) is 5.76 Å². The van der Waals surface area contributed by atoms with Gasteiger partial charge in [-0.25, -0.2) is 4.39 Å². The smallest absolute Gasteiger partial charge is 0.256 e. The third kappa shape index (κ3) is 3.42. The molecule has 0 saturated carbocycles. The highest BCUT2D eigenvalue weighted by Gasteiger charge is 2.22. The number of likely N-dealkylation sites (tertiary alicyclic amines) is 1. The molecule has 0 radical (unpaired) electrons. The number of benzene rings is 1. The minimum Gasteiger partial charge on any atom is -0.458 e. The minimum atomic E-state index is -0.616. The van der Waals surface area contributed by atoms with E-state index in [1.54, 1.807) is 11.0 Å². The predicted octanol–water partition coefficient (Wildman–Crippen LogP) is 4.37. The van der Waals surface area contributed by atoms with Crippen molar-refractivity contribution in [2.24, 2.45) is 5.73 Å². The molecule has 1 fully saturated rings. The maximum absolute atomic E-state index is 14.3. The summed E-state index contributed by atoms with van der Waals surface area (Å²) in [6, 6.07) is 6.85. The number of nitrogens with zero attached hydrogens (tertiary/aromatic N) is 2. The van der Waals surface area contributed by atoms with E-state index in [9.17, 15) is 9.18 Å². The molecule has 0 atom stereocenters. The monoisotopic (exact) mass is 387 g/mol. The van der Waals surface area contributed by atoms with E-state index in [1.165, 1.54) is 6.07 Å². The molecule has 1 amide bonds. The first-order valence-corrected chi connectivity index (χ1v) is 9.32. The molecule has 4 rings (SSSR count). The molecule has 1 aliphatic heterocycles. The van der Waals surface area contributed by atoms with E-state index in [1.807, 2.05) is 12.1 Å². The Bertz CT molecular complexity index is 1010. The summed E-state index contributed by atoms with van der Waals surface area (Å²) in [5.41, 5.74) is 7.37. The third-order valence-electron chi connectivity index (χ3n) is 4.85. The molecule has 3 heterocycles. The number of amides is 1. The molecular weight excluding hydrogens is 369 g/mol. The van der Waals surface area contributed by atoms with Gasteiger partial charge in [-0.1, -0.05) is 11.6 Å². The third-order valence-corrected chi connectivity index (χ3v) is 5.13. The van der Waals surface area contributed by atoms with Gasteiger partial charge in [-0.2, -0.15) is 0 Å². The molecule has 1 aromatic carbocycles. The molecule has 2 N–H and O–H groups in total. The zero-order chi connectivity index (χ0) is 19.0. The first-order valence-electron chi connectivity index (χ1n) is 8.94. The van der Waals surface area contributed by atoms with Gasteiger partial charge >= 0.3 is 0 Å². The molecule has 5 nitrogen and oxygen atoms in total. The highest BCUT2D eigenvalue weighted by atomic mass is 35.5. The van der Waals surface area contributed by atoms with Crippen molar-refractivity contribution >= 4 is 28.5 Å². The number of halogens is 2. The molecule has 0 spiro atoms. The quantitative estimate of drug-likeness (QED) is 0.724. The van der Waals surface area contributed by atoms with Crippen molar-refractivity contribution in [2.75, 3.05) is 13.1 Å². The van der Waals surface area contributed by atoms with Gasteiger partial charge in [-0.05, 0) is 43.5 Å². The number of hydrogen-bond acceptors (Lipinski definition) is 4. The Balaban J connectivity index is 1.74. The van der Waals surface area contributed by atoms with Gasteiger partial charge in [0.15, 0.2) is 11.4 Å². The molecule has 27 heavy (non-hydrogen) atoms. The molecule has 1 aliphatic rings. The van der Waals surface area contributed by atoms with Crippen LogP contribution < -0.4 is 5.73 Å². The maximum atomic E-state index is 14.3. The van der Waals surface area contributed by atoms with Crippen LogP contribution in [0.25, 0.3) is 22.2 Å². The van der Waals surface area contributed by atoms with Gasteiger partial charge < -0.3 is 15.1 Å². The second-order valence-corrected chi connectivity index (χ2v) is 7.10. The molecule has 2 aromatic heterocycles. The van der Waals surface area contributed by atoms with Gasteiger partial charge in [-0.3, -0.25) is 9.78 Å². The lowest BCUT2D eigenvalue weighted by atomic mass is 10.0. The van der Waals surface area contributed by atoms with Gasteiger partial charge in [0, 0.05) is 24.0 Å². The average molecular weight is 388 g/mol. The van der Waals surface area contributed by atoms with Crippen LogP contribution in [0.2, 0.25) is 5.02 Å². The standard InChI is InChI=1S/C20H19ClFN3O2/c21-16-8-12(6-13-7-14(10-23)27-19(13)16)18-9-15(17(22)11-24-18)20(26)25-4-2-1-3-5-25/h6-9,11H,1-5,10,23H2. The Hall–Kier alpha value is -2.44. The SMILES string of the molecule is NCc1cc2cc(-c3cc(C(=O)N4CCCCC4)c(F)cn3)cc(Cl)c2o1. The van der Waals surface area contributed by atoms with Crippen LogP contribution in [0.5, 0.6) is 0 Å². The van der Waals surface area contributed by atoms with Crippen molar-refractivity contribution in [3.05, 3.63) is 52.6 Å². The number of furan rings is 1. The van der Waals surface area contributed by atoms with Crippen molar-refractivity contribution in [1.29, 1.82) is 0 Å². The summed E-state index contributed by atoms with van der Waals surface area (Å²) in [7, 11) is 0. The van der Waals surface area contributed by atoms with Crippen LogP contribution in [0.1, 0.15) is 35.4 Å².